The molecule has 6 heteroatoms. The Balaban J connectivity index is 1.39. The number of hydrogen-bond acceptors (Lipinski definition) is 5. The van der Waals surface area contributed by atoms with E-state index in [9.17, 15) is 9.90 Å². The maximum Gasteiger partial charge on any atom is 0.227 e. The van der Waals surface area contributed by atoms with Gasteiger partial charge in [0, 0.05) is 50.4 Å². The molecule has 33 heavy (non-hydrogen) atoms. The molecule has 0 bridgehead atoms. The number of para-hydroxylation sites is 1. The van der Waals surface area contributed by atoms with E-state index in [0.717, 1.165) is 56.1 Å². The topological polar surface area (TPSA) is 56.3 Å². The quantitative estimate of drug-likeness (QED) is 0.659. The Kier molecular flexibility index (Phi) is 7.25. The Labute approximate surface area is 197 Å². The van der Waals surface area contributed by atoms with E-state index in [0.29, 0.717) is 18.8 Å². The SMILES string of the molecule is CC(C)CCN1C(=O)CCc2c(OCC(C)(O)N3CCN(c4ccccc4)CC3)cccc21. The molecule has 0 aromatic heterocycles. The van der Waals surface area contributed by atoms with Gasteiger partial charge in [-0.05, 0) is 49.9 Å². The zero-order valence-electron chi connectivity index (χ0n) is 20.2. The number of rotatable bonds is 8. The Bertz CT molecular complexity index is 937. The lowest BCUT2D eigenvalue weighted by Gasteiger charge is -2.43. The molecule has 178 valence electrons. The zero-order chi connectivity index (χ0) is 23.4. The van der Waals surface area contributed by atoms with Crippen molar-refractivity contribution in [3.8, 4) is 5.75 Å². The summed E-state index contributed by atoms with van der Waals surface area (Å²) in [5.74, 6) is 1.50. The summed E-state index contributed by atoms with van der Waals surface area (Å²) in [6, 6.07) is 16.3. The molecular formula is C27H37N3O3. The van der Waals surface area contributed by atoms with Crippen molar-refractivity contribution in [2.24, 2.45) is 5.92 Å². The predicted molar refractivity (Wildman–Crippen MR) is 133 cm³/mol. The van der Waals surface area contributed by atoms with Crippen molar-refractivity contribution in [2.45, 2.75) is 45.8 Å². The Morgan fingerprint density at radius 1 is 1.00 bits per heavy atom. The summed E-state index contributed by atoms with van der Waals surface area (Å²) >= 11 is 0. The number of carbonyl (C=O) groups excluding carboxylic acids is 1. The van der Waals surface area contributed by atoms with Crippen LogP contribution in [0.2, 0.25) is 0 Å². The summed E-state index contributed by atoms with van der Waals surface area (Å²) in [4.78, 5) is 18.9. The van der Waals surface area contributed by atoms with Crippen LogP contribution in [0.1, 0.15) is 39.2 Å². The molecule has 1 unspecified atom stereocenters. The molecule has 0 saturated carbocycles. The fourth-order valence-corrected chi connectivity index (χ4v) is 4.72. The minimum Gasteiger partial charge on any atom is -0.489 e. The lowest BCUT2D eigenvalue weighted by Crippen LogP contribution is -2.58. The zero-order valence-corrected chi connectivity index (χ0v) is 20.2. The maximum absolute atomic E-state index is 12.6. The number of aliphatic hydroxyl groups is 1. The van der Waals surface area contributed by atoms with Gasteiger partial charge in [0.25, 0.3) is 0 Å². The van der Waals surface area contributed by atoms with Crippen LogP contribution in [0.25, 0.3) is 0 Å². The first-order chi connectivity index (χ1) is 15.8. The average molecular weight is 452 g/mol. The van der Waals surface area contributed by atoms with E-state index >= 15 is 0 Å². The second kappa shape index (κ2) is 10.1. The van der Waals surface area contributed by atoms with E-state index in [1.165, 1.54) is 5.69 Å². The molecule has 1 amide bonds. The molecule has 1 atom stereocenters. The van der Waals surface area contributed by atoms with Gasteiger partial charge in [-0.2, -0.15) is 0 Å². The smallest absolute Gasteiger partial charge is 0.227 e. The maximum atomic E-state index is 12.6. The third-order valence-electron chi connectivity index (χ3n) is 6.80. The van der Waals surface area contributed by atoms with Gasteiger partial charge in [-0.15, -0.1) is 0 Å². The number of anilines is 2. The number of benzene rings is 2. The molecule has 1 saturated heterocycles. The number of piperazine rings is 1. The van der Waals surface area contributed by atoms with Gasteiger partial charge in [0.2, 0.25) is 5.91 Å². The predicted octanol–water partition coefficient (Wildman–Crippen LogP) is 3.92. The van der Waals surface area contributed by atoms with E-state index in [2.05, 4.69) is 47.9 Å². The number of hydrogen-bond donors (Lipinski definition) is 1. The van der Waals surface area contributed by atoms with Gasteiger partial charge in [-0.1, -0.05) is 38.1 Å². The number of nitrogens with zero attached hydrogens (tertiary/aromatic N) is 3. The molecule has 1 fully saturated rings. The van der Waals surface area contributed by atoms with Gasteiger partial charge in [0.05, 0.1) is 5.69 Å². The second-order valence-electron chi connectivity index (χ2n) is 9.80. The summed E-state index contributed by atoms with van der Waals surface area (Å²) in [7, 11) is 0. The number of fused-ring (bicyclic) bond motifs is 1. The van der Waals surface area contributed by atoms with Crippen LogP contribution < -0.4 is 14.5 Å². The van der Waals surface area contributed by atoms with Crippen LogP contribution in [0, 0.1) is 5.92 Å². The van der Waals surface area contributed by atoms with E-state index in [-0.39, 0.29) is 12.5 Å². The van der Waals surface area contributed by atoms with Gasteiger partial charge in [-0.25, -0.2) is 0 Å². The van der Waals surface area contributed by atoms with Crippen LogP contribution in [-0.4, -0.2) is 61.0 Å². The first-order valence-corrected chi connectivity index (χ1v) is 12.2. The molecule has 2 aromatic carbocycles. The molecule has 0 radical (unpaired) electrons. The first-order valence-electron chi connectivity index (χ1n) is 12.2. The third kappa shape index (κ3) is 5.50. The Hall–Kier alpha value is -2.57. The van der Waals surface area contributed by atoms with Crippen LogP contribution in [0.15, 0.2) is 48.5 Å². The fraction of sp³-hybridized carbons (Fsp3) is 0.519. The molecule has 2 aliphatic rings. The lowest BCUT2D eigenvalue weighted by molar-refractivity contribution is -0.121. The molecule has 6 nitrogen and oxygen atoms in total. The monoisotopic (exact) mass is 451 g/mol. The minimum atomic E-state index is -1.06. The summed E-state index contributed by atoms with van der Waals surface area (Å²) in [6.45, 7) is 10.4. The van der Waals surface area contributed by atoms with Crippen LogP contribution in [0.3, 0.4) is 0 Å². The van der Waals surface area contributed by atoms with Crippen molar-refractivity contribution in [1.29, 1.82) is 0 Å². The van der Waals surface area contributed by atoms with Gasteiger partial charge in [0.15, 0.2) is 0 Å². The van der Waals surface area contributed by atoms with E-state index in [1.54, 1.807) is 0 Å². The van der Waals surface area contributed by atoms with Crippen molar-refractivity contribution in [3.05, 3.63) is 54.1 Å². The standard InChI is InChI=1S/C27H37N3O3/c1-21(2)14-15-30-24-10-7-11-25(23(24)12-13-26(30)31)33-20-27(3,32)29-18-16-28(17-19-29)22-8-5-4-6-9-22/h4-11,21,32H,12-20H2,1-3H3. The van der Waals surface area contributed by atoms with Gasteiger partial charge in [-0.3, -0.25) is 9.69 Å². The summed E-state index contributed by atoms with van der Waals surface area (Å²) in [5, 5.41) is 11.2. The Morgan fingerprint density at radius 2 is 1.73 bits per heavy atom. The second-order valence-corrected chi connectivity index (χ2v) is 9.80. The summed E-state index contributed by atoms with van der Waals surface area (Å²) in [6.07, 6.45) is 2.16. The van der Waals surface area contributed by atoms with Gasteiger partial charge >= 0.3 is 0 Å². The van der Waals surface area contributed by atoms with Crippen LogP contribution in [0.4, 0.5) is 11.4 Å². The highest BCUT2D eigenvalue weighted by molar-refractivity contribution is 5.96. The summed E-state index contributed by atoms with van der Waals surface area (Å²) in [5.41, 5.74) is 2.19. The number of amides is 1. The molecule has 2 aliphatic heterocycles. The highest BCUT2D eigenvalue weighted by Crippen LogP contribution is 2.35. The van der Waals surface area contributed by atoms with E-state index < -0.39 is 5.72 Å². The molecule has 4 rings (SSSR count). The molecule has 0 spiro atoms. The number of carbonyl (C=O) groups is 1. The van der Waals surface area contributed by atoms with Gasteiger partial charge < -0.3 is 19.6 Å². The lowest BCUT2D eigenvalue weighted by atomic mass is 9.99. The Morgan fingerprint density at radius 3 is 2.42 bits per heavy atom. The van der Waals surface area contributed by atoms with Crippen LogP contribution >= 0.6 is 0 Å². The van der Waals surface area contributed by atoms with E-state index in [1.807, 2.05) is 36.1 Å². The third-order valence-corrected chi connectivity index (χ3v) is 6.80. The average Bonchev–Trinajstić information content (AvgIpc) is 2.82. The normalized spacial score (nSPS) is 18.9. The molecule has 0 aliphatic carbocycles. The first kappa shape index (κ1) is 23.6. The largest absolute Gasteiger partial charge is 0.489 e. The highest BCUT2D eigenvalue weighted by atomic mass is 16.5. The van der Waals surface area contributed by atoms with Crippen LogP contribution in [-0.2, 0) is 11.2 Å². The number of ether oxygens (including phenoxy) is 1. The molecular weight excluding hydrogens is 414 g/mol. The highest BCUT2D eigenvalue weighted by Gasteiger charge is 2.34. The summed E-state index contributed by atoms with van der Waals surface area (Å²) < 4.78 is 6.20. The van der Waals surface area contributed by atoms with Crippen molar-refractivity contribution in [2.75, 3.05) is 49.1 Å². The fourth-order valence-electron chi connectivity index (χ4n) is 4.72. The van der Waals surface area contributed by atoms with Crippen LogP contribution in [0.5, 0.6) is 5.75 Å². The minimum absolute atomic E-state index is 0.184. The van der Waals surface area contributed by atoms with Gasteiger partial charge in [0.1, 0.15) is 18.1 Å². The molecule has 1 N–H and O–H groups in total. The van der Waals surface area contributed by atoms with Crippen molar-refractivity contribution in [3.63, 3.8) is 0 Å². The molecule has 2 heterocycles. The van der Waals surface area contributed by atoms with E-state index in [4.69, 9.17) is 4.74 Å². The van der Waals surface area contributed by atoms with Crippen molar-refractivity contribution < 1.29 is 14.6 Å². The van der Waals surface area contributed by atoms with Crippen molar-refractivity contribution >= 4 is 17.3 Å². The molecule has 2 aromatic rings. The van der Waals surface area contributed by atoms with Crippen molar-refractivity contribution in [1.82, 2.24) is 4.90 Å².